The Kier molecular flexibility index (Phi) is 3.86. The molecule has 4 nitrogen and oxygen atoms in total. The lowest BCUT2D eigenvalue weighted by atomic mass is 9.99. The van der Waals surface area contributed by atoms with Crippen molar-refractivity contribution in [3.05, 3.63) is 59.5 Å². The van der Waals surface area contributed by atoms with Crippen molar-refractivity contribution >= 4 is 5.82 Å². The van der Waals surface area contributed by atoms with Gasteiger partial charge in [0.15, 0.2) is 0 Å². The van der Waals surface area contributed by atoms with Gasteiger partial charge in [-0.05, 0) is 24.1 Å². The van der Waals surface area contributed by atoms with Gasteiger partial charge in [0.2, 0.25) is 0 Å². The minimum atomic E-state index is -0.268. The molecule has 1 aromatic heterocycles. The second-order valence-corrected chi connectivity index (χ2v) is 3.99. The molecule has 0 spiro atoms. The van der Waals surface area contributed by atoms with Gasteiger partial charge in [0.1, 0.15) is 11.6 Å². The number of nitrogen functional groups attached to an aromatic ring is 1. The molecule has 0 amide bonds. The van der Waals surface area contributed by atoms with Crippen LogP contribution in [0.5, 0.6) is 0 Å². The van der Waals surface area contributed by atoms with E-state index >= 15 is 0 Å². The summed E-state index contributed by atoms with van der Waals surface area (Å²) in [4.78, 5) is 4.00. The van der Waals surface area contributed by atoms with Gasteiger partial charge in [0, 0.05) is 11.8 Å². The molecule has 0 radical (unpaired) electrons. The van der Waals surface area contributed by atoms with Gasteiger partial charge in [-0.2, -0.15) is 0 Å². The normalized spacial score (nSPS) is 12.3. The molecule has 0 aliphatic heterocycles. The molecule has 0 aliphatic carbocycles. The van der Waals surface area contributed by atoms with Crippen LogP contribution >= 0.6 is 0 Å². The fourth-order valence-electron chi connectivity index (χ4n) is 1.87. The lowest BCUT2D eigenvalue weighted by Gasteiger charge is -2.17. The van der Waals surface area contributed by atoms with Gasteiger partial charge < -0.3 is 5.73 Å². The fourth-order valence-corrected chi connectivity index (χ4v) is 1.87. The number of aromatic nitrogens is 1. The zero-order chi connectivity index (χ0) is 13.0. The van der Waals surface area contributed by atoms with Crippen LogP contribution in [0.4, 0.5) is 10.2 Å². The Morgan fingerprint density at radius 1 is 1.22 bits per heavy atom. The number of hydrogen-bond acceptors (Lipinski definition) is 4. The number of anilines is 1. The van der Waals surface area contributed by atoms with Crippen LogP contribution in [0, 0.1) is 5.82 Å². The molecule has 2 aromatic rings. The molecule has 2 rings (SSSR count). The van der Waals surface area contributed by atoms with Crippen LogP contribution in [0.1, 0.15) is 17.2 Å². The summed E-state index contributed by atoms with van der Waals surface area (Å²) in [5, 5.41) is 0. The predicted molar refractivity (Wildman–Crippen MR) is 68.8 cm³/mol. The number of nitrogens with two attached hydrogens (primary N) is 2. The zero-order valence-corrected chi connectivity index (χ0v) is 9.81. The van der Waals surface area contributed by atoms with Gasteiger partial charge in [0.05, 0.1) is 6.04 Å². The molecule has 5 N–H and O–H groups in total. The summed E-state index contributed by atoms with van der Waals surface area (Å²) in [6, 6.07) is 9.93. The Bertz CT molecular complexity index is 530. The average Bonchev–Trinajstić information content (AvgIpc) is 2.39. The molecular formula is C13H15FN4. The van der Waals surface area contributed by atoms with Gasteiger partial charge in [-0.1, -0.05) is 24.3 Å². The second-order valence-electron chi connectivity index (χ2n) is 3.99. The van der Waals surface area contributed by atoms with Crippen LogP contribution in [0.3, 0.4) is 0 Å². The second kappa shape index (κ2) is 5.57. The first-order chi connectivity index (χ1) is 8.72. The fraction of sp³-hybridized carbons (Fsp3) is 0.154. The third-order valence-corrected chi connectivity index (χ3v) is 2.83. The van der Waals surface area contributed by atoms with Crippen LogP contribution in [0.25, 0.3) is 0 Å². The molecule has 1 unspecified atom stereocenters. The third kappa shape index (κ3) is 2.64. The number of nitrogens with zero attached hydrogens (tertiary/aromatic N) is 1. The summed E-state index contributed by atoms with van der Waals surface area (Å²) in [6.45, 7) is 0. The van der Waals surface area contributed by atoms with E-state index in [-0.39, 0.29) is 11.9 Å². The van der Waals surface area contributed by atoms with Crippen LogP contribution in [0.2, 0.25) is 0 Å². The van der Waals surface area contributed by atoms with E-state index in [9.17, 15) is 4.39 Å². The molecule has 1 aromatic carbocycles. The monoisotopic (exact) mass is 246 g/mol. The highest BCUT2D eigenvalue weighted by molar-refractivity contribution is 5.41. The van der Waals surface area contributed by atoms with Gasteiger partial charge in [-0.15, -0.1) is 0 Å². The molecule has 18 heavy (non-hydrogen) atoms. The smallest absolute Gasteiger partial charge is 0.128 e. The lowest BCUT2D eigenvalue weighted by Crippen LogP contribution is -2.30. The summed E-state index contributed by atoms with van der Waals surface area (Å²) < 4.78 is 13.6. The van der Waals surface area contributed by atoms with E-state index in [0.29, 0.717) is 17.8 Å². The van der Waals surface area contributed by atoms with E-state index in [1.807, 2.05) is 6.07 Å². The van der Waals surface area contributed by atoms with E-state index < -0.39 is 0 Å². The highest BCUT2D eigenvalue weighted by Crippen LogP contribution is 2.22. The van der Waals surface area contributed by atoms with E-state index in [1.54, 1.807) is 30.5 Å². The molecule has 0 aliphatic rings. The van der Waals surface area contributed by atoms with Crippen molar-refractivity contribution in [1.29, 1.82) is 0 Å². The van der Waals surface area contributed by atoms with Crippen molar-refractivity contribution in [2.45, 2.75) is 12.5 Å². The molecule has 94 valence electrons. The Morgan fingerprint density at radius 2 is 2.00 bits per heavy atom. The first kappa shape index (κ1) is 12.5. The van der Waals surface area contributed by atoms with Crippen molar-refractivity contribution in [3.8, 4) is 0 Å². The Labute approximate surface area is 105 Å². The molecular weight excluding hydrogens is 231 g/mol. The summed E-state index contributed by atoms with van der Waals surface area (Å²) in [7, 11) is 0. The zero-order valence-electron chi connectivity index (χ0n) is 9.81. The molecule has 1 atom stereocenters. The highest BCUT2D eigenvalue weighted by atomic mass is 19.1. The lowest BCUT2D eigenvalue weighted by molar-refractivity contribution is 0.529. The minimum Gasteiger partial charge on any atom is -0.383 e. The Morgan fingerprint density at radius 3 is 2.67 bits per heavy atom. The largest absolute Gasteiger partial charge is 0.383 e. The van der Waals surface area contributed by atoms with E-state index in [4.69, 9.17) is 11.6 Å². The number of nitrogens with one attached hydrogen (secondary N) is 1. The first-order valence-corrected chi connectivity index (χ1v) is 5.62. The quantitative estimate of drug-likeness (QED) is 0.565. The average molecular weight is 246 g/mol. The number of pyridine rings is 1. The molecule has 5 heteroatoms. The predicted octanol–water partition coefficient (Wildman–Crippen LogP) is 1.55. The summed E-state index contributed by atoms with van der Waals surface area (Å²) >= 11 is 0. The van der Waals surface area contributed by atoms with E-state index in [0.717, 1.165) is 5.56 Å². The highest BCUT2D eigenvalue weighted by Gasteiger charge is 2.15. The van der Waals surface area contributed by atoms with E-state index in [2.05, 4.69) is 10.4 Å². The SMILES string of the molecule is NNC(Cc1ccccc1F)c1cccnc1N. The summed E-state index contributed by atoms with van der Waals surface area (Å²) in [5.41, 5.74) is 9.79. The third-order valence-electron chi connectivity index (χ3n) is 2.83. The van der Waals surface area contributed by atoms with Gasteiger partial charge >= 0.3 is 0 Å². The number of hydrogen-bond donors (Lipinski definition) is 3. The van der Waals surface area contributed by atoms with Gasteiger partial charge in [-0.3, -0.25) is 11.3 Å². The number of rotatable bonds is 4. The van der Waals surface area contributed by atoms with Gasteiger partial charge in [0.25, 0.3) is 0 Å². The van der Waals surface area contributed by atoms with Crippen molar-refractivity contribution in [3.63, 3.8) is 0 Å². The molecule has 1 heterocycles. The van der Waals surface area contributed by atoms with Crippen LogP contribution in [-0.4, -0.2) is 4.98 Å². The maximum Gasteiger partial charge on any atom is 0.128 e. The van der Waals surface area contributed by atoms with Gasteiger partial charge in [-0.25, -0.2) is 9.37 Å². The van der Waals surface area contributed by atoms with Crippen molar-refractivity contribution < 1.29 is 4.39 Å². The van der Waals surface area contributed by atoms with Crippen LogP contribution in [-0.2, 0) is 6.42 Å². The van der Waals surface area contributed by atoms with Crippen LogP contribution in [0.15, 0.2) is 42.6 Å². The Balaban J connectivity index is 2.26. The maximum absolute atomic E-state index is 13.6. The molecule has 0 fully saturated rings. The molecule has 0 saturated heterocycles. The first-order valence-electron chi connectivity index (χ1n) is 5.62. The van der Waals surface area contributed by atoms with E-state index in [1.165, 1.54) is 6.07 Å². The summed E-state index contributed by atoms with van der Waals surface area (Å²) in [6.07, 6.45) is 2.02. The van der Waals surface area contributed by atoms with Crippen molar-refractivity contribution in [2.24, 2.45) is 5.84 Å². The minimum absolute atomic E-state index is 0.250. The summed E-state index contributed by atoms with van der Waals surface area (Å²) in [5.74, 6) is 5.67. The Hall–Kier alpha value is -1.98. The topological polar surface area (TPSA) is 77.0 Å². The number of hydrazine groups is 1. The standard InChI is InChI=1S/C13H15FN4/c14-11-6-2-1-4-9(11)8-12(18-16)10-5-3-7-17-13(10)15/h1-7,12,18H,8,16H2,(H2,15,17). The number of benzene rings is 1. The van der Waals surface area contributed by atoms with Crippen molar-refractivity contribution in [2.75, 3.05) is 5.73 Å². The van der Waals surface area contributed by atoms with Crippen molar-refractivity contribution in [1.82, 2.24) is 10.4 Å². The number of halogens is 1. The van der Waals surface area contributed by atoms with Crippen LogP contribution < -0.4 is 17.0 Å². The molecule has 0 bridgehead atoms. The molecule has 0 saturated carbocycles. The maximum atomic E-state index is 13.6.